The van der Waals surface area contributed by atoms with Crippen LogP contribution in [0.2, 0.25) is 0 Å². The topological polar surface area (TPSA) is 201 Å². The Labute approximate surface area is 366 Å². The number of carboxylic acids is 1. The molecular weight excluding hydrogens is 791 g/mol. The molecular formula is C48H67N5O9. The van der Waals surface area contributed by atoms with E-state index in [0.29, 0.717) is 16.9 Å². The van der Waals surface area contributed by atoms with Crippen molar-refractivity contribution < 1.29 is 43.3 Å². The molecule has 338 valence electrons. The Hall–Kier alpha value is -5.92. The molecule has 0 aromatic heterocycles. The van der Waals surface area contributed by atoms with Gasteiger partial charge in [0.25, 0.3) is 0 Å². The molecule has 3 aromatic rings. The number of ether oxygens (including phenoxy) is 2. The van der Waals surface area contributed by atoms with E-state index in [4.69, 9.17) is 9.47 Å². The molecule has 0 unspecified atom stereocenters. The van der Waals surface area contributed by atoms with Crippen molar-refractivity contribution in [2.24, 2.45) is 11.8 Å². The summed E-state index contributed by atoms with van der Waals surface area (Å²) < 4.78 is 11.4. The van der Waals surface area contributed by atoms with Crippen LogP contribution in [0.5, 0.6) is 5.75 Å². The summed E-state index contributed by atoms with van der Waals surface area (Å²) >= 11 is 0. The third kappa shape index (κ3) is 18.8. The molecule has 0 fully saturated rings. The number of alkyl carbamates (subject to hydrolysis) is 1. The van der Waals surface area contributed by atoms with Gasteiger partial charge in [-0.15, -0.1) is 0 Å². The fourth-order valence-electron chi connectivity index (χ4n) is 6.55. The summed E-state index contributed by atoms with van der Waals surface area (Å²) in [5.74, 6) is -3.40. The highest BCUT2D eigenvalue weighted by molar-refractivity contribution is 5.96. The predicted octanol–water partition coefficient (Wildman–Crippen LogP) is 5.90. The summed E-state index contributed by atoms with van der Waals surface area (Å²) in [5, 5.41) is 23.7. The van der Waals surface area contributed by atoms with E-state index in [1.165, 1.54) is 0 Å². The molecule has 0 aliphatic heterocycles. The van der Waals surface area contributed by atoms with E-state index < -0.39 is 77.1 Å². The number of hydrogen-bond donors (Lipinski definition) is 6. The number of carbonyl (C=O) groups is 6. The number of hydrogen-bond acceptors (Lipinski definition) is 8. The Morgan fingerprint density at radius 3 is 1.23 bits per heavy atom. The molecule has 0 saturated carbocycles. The number of carbonyl (C=O) groups excluding carboxylic acids is 5. The molecule has 14 nitrogen and oxygen atoms in total. The van der Waals surface area contributed by atoms with Crippen LogP contribution in [0, 0.1) is 11.8 Å². The summed E-state index contributed by atoms with van der Waals surface area (Å²) in [7, 11) is 0. The number of carboxylic acid groups (broad SMARTS) is 1. The van der Waals surface area contributed by atoms with Crippen molar-refractivity contribution in [1.29, 1.82) is 0 Å². The largest absolute Gasteiger partial charge is 0.488 e. The van der Waals surface area contributed by atoms with E-state index >= 15 is 0 Å². The highest BCUT2D eigenvalue weighted by Crippen LogP contribution is 2.20. The van der Waals surface area contributed by atoms with Gasteiger partial charge in [-0.25, -0.2) is 9.59 Å². The lowest BCUT2D eigenvalue weighted by Crippen LogP contribution is -2.60. The molecule has 0 bridgehead atoms. The Morgan fingerprint density at radius 2 is 0.839 bits per heavy atom. The van der Waals surface area contributed by atoms with Gasteiger partial charge in [0.1, 0.15) is 47.2 Å². The van der Waals surface area contributed by atoms with Crippen LogP contribution in [0.1, 0.15) is 98.8 Å². The molecule has 6 N–H and O–H groups in total. The van der Waals surface area contributed by atoms with Crippen molar-refractivity contribution in [3.63, 3.8) is 0 Å². The van der Waals surface area contributed by atoms with Crippen molar-refractivity contribution in [3.8, 4) is 5.75 Å². The normalized spacial score (nSPS) is 14.1. The highest BCUT2D eigenvalue weighted by atomic mass is 16.6. The van der Waals surface area contributed by atoms with Crippen LogP contribution in [-0.4, -0.2) is 82.2 Å². The Morgan fingerprint density at radius 1 is 0.484 bits per heavy atom. The van der Waals surface area contributed by atoms with Gasteiger partial charge in [-0.3, -0.25) is 19.2 Å². The second-order valence-electron chi connectivity index (χ2n) is 18.5. The smallest absolute Gasteiger partial charge is 0.408 e. The lowest BCUT2D eigenvalue weighted by atomic mass is 9.98. The quantitative estimate of drug-likeness (QED) is 0.0755. The van der Waals surface area contributed by atoms with E-state index in [0.717, 1.165) is 5.56 Å². The Kier molecular flexibility index (Phi) is 19.0. The number of rotatable bonds is 21. The van der Waals surface area contributed by atoms with E-state index in [-0.39, 0.29) is 43.9 Å². The zero-order valence-corrected chi connectivity index (χ0v) is 37.9. The molecule has 0 aliphatic carbocycles. The fraction of sp³-hybridized carbons (Fsp3) is 0.500. The molecule has 3 rings (SSSR count). The lowest BCUT2D eigenvalue weighted by molar-refractivity contribution is -0.142. The van der Waals surface area contributed by atoms with Crippen LogP contribution in [-0.2, 0) is 48.0 Å². The third-order valence-electron chi connectivity index (χ3n) is 9.29. The SMILES string of the molecule is CC(C)C[C@@H](NC(=O)[C@H](Cc1ccccc1)NC(=O)[C@@H](CC(C)C)NC(=O)[C@H](Cc1ccc(OC(C)(C)C)cc1)NC(=O)OC(C)(C)C)C(=O)N[C@@H](Cc1ccccc1)C(=O)O. The maximum absolute atomic E-state index is 14.3. The minimum atomic E-state index is -1.26. The van der Waals surface area contributed by atoms with Crippen LogP contribution < -0.4 is 31.3 Å². The summed E-state index contributed by atoms with van der Waals surface area (Å²) in [6.45, 7) is 18.4. The van der Waals surface area contributed by atoms with Gasteiger partial charge in [0, 0.05) is 19.3 Å². The zero-order chi connectivity index (χ0) is 46.2. The minimum Gasteiger partial charge on any atom is -0.488 e. The maximum atomic E-state index is 14.3. The number of nitrogens with one attached hydrogen (secondary N) is 5. The van der Waals surface area contributed by atoms with Crippen molar-refractivity contribution in [2.75, 3.05) is 0 Å². The molecule has 5 atom stereocenters. The van der Waals surface area contributed by atoms with E-state index in [1.807, 2.05) is 60.6 Å². The second-order valence-corrected chi connectivity index (χ2v) is 18.5. The van der Waals surface area contributed by atoms with Gasteiger partial charge in [-0.2, -0.15) is 0 Å². The number of amides is 5. The molecule has 14 heteroatoms. The van der Waals surface area contributed by atoms with Gasteiger partial charge in [-0.05, 0) is 95.0 Å². The molecule has 0 spiro atoms. The summed E-state index contributed by atoms with van der Waals surface area (Å²) in [6, 6.07) is 19.2. The van der Waals surface area contributed by atoms with Crippen LogP contribution in [0.25, 0.3) is 0 Å². The van der Waals surface area contributed by atoms with Crippen LogP contribution >= 0.6 is 0 Å². The van der Waals surface area contributed by atoms with E-state index in [2.05, 4.69) is 26.6 Å². The third-order valence-corrected chi connectivity index (χ3v) is 9.29. The van der Waals surface area contributed by atoms with E-state index in [1.54, 1.807) is 93.6 Å². The Bertz CT molecular complexity index is 1920. The van der Waals surface area contributed by atoms with Gasteiger partial charge < -0.3 is 41.2 Å². The molecule has 62 heavy (non-hydrogen) atoms. The fourth-order valence-corrected chi connectivity index (χ4v) is 6.55. The molecule has 3 aromatic carbocycles. The minimum absolute atomic E-state index is 0.0345. The predicted molar refractivity (Wildman–Crippen MR) is 238 cm³/mol. The van der Waals surface area contributed by atoms with Gasteiger partial charge in [-0.1, -0.05) is 100 Å². The second kappa shape index (κ2) is 23.3. The van der Waals surface area contributed by atoms with Crippen LogP contribution in [0.15, 0.2) is 84.9 Å². The first-order valence-corrected chi connectivity index (χ1v) is 21.3. The van der Waals surface area contributed by atoms with Gasteiger partial charge in [0.15, 0.2) is 0 Å². The monoisotopic (exact) mass is 857 g/mol. The molecule has 0 radical (unpaired) electrons. The van der Waals surface area contributed by atoms with E-state index in [9.17, 15) is 33.9 Å². The molecule has 0 heterocycles. The molecule has 0 saturated heterocycles. The average molecular weight is 858 g/mol. The summed E-state index contributed by atoms with van der Waals surface area (Å²) in [4.78, 5) is 81.6. The first kappa shape index (κ1) is 50.4. The van der Waals surface area contributed by atoms with Crippen LogP contribution in [0.3, 0.4) is 0 Å². The molecule has 5 amide bonds. The first-order valence-electron chi connectivity index (χ1n) is 21.3. The molecule has 0 aliphatic rings. The highest BCUT2D eigenvalue weighted by Gasteiger charge is 2.34. The van der Waals surface area contributed by atoms with Gasteiger partial charge >= 0.3 is 12.1 Å². The Balaban J connectivity index is 1.89. The maximum Gasteiger partial charge on any atom is 0.408 e. The number of benzene rings is 3. The zero-order valence-electron chi connectivity index (χ0n) is 37.9. The lowest BCUT2D eigenvalue weighted by Gasteiger charge is -2.28. The average Bonchev–Trinajstić information content (AvgIpc) is 3.16. The number of aliphatic carboxylic acids is 1. The summed E-state index contributed by atoms with van der Waals surface area (Å²) in [6.07, 6.45) is -0.308. The van der Waals surface area contributed by atoms with Crippen molar-refractivity contribution in [1.82, 2.24) is 26.6 Å². The van der Waals surface area contributed by atoms with Crippen molar-refractivity contribution >= 4 is 35.7 Å². The van der Waals surface area contributed by atoms with Crippen molar-refractivity contribution in [2.45, 2.75) is 143 Å². The first-order chi connectivity index (χ1) is 29.0. The standard InChI is InChI=1S/C48H67N5O9/c1-30(2)25-36(50-44(57)39(53-46(60)62-48(8,9)10)28-34-21-23-35(24-22-34)61-47(5,6)7)41(54)51-38(27-32-17-13-11-14-18-32)43(56)49-37(26-31(3)4)42(55)52-40(45(58)59)29-33-19-15-12-16-20-33/h11-24,30-31,36-40H,25-29H2,1-10H3,(H,49,56)(H,50,57)(H,51,54)(H,52,55)(H,53,60)(H,58,59)/t36-,37-,38+,39+,40+/m1/s1. The van der Waals surface area contributed by atoms with Crippen LogP contribution in [0.4, 0.5) is 4.79 Å². The van der Waals surface area contributed by atoms with Gasteiger partial charge in [0.2, 0.25) is 23.6 Å². The van der Waals surface area contributed by atoms with Gasteiger partial charge in [0.05, 0.1) is 0 Å². The van der Waals surface area contributed by atoms with Crippen molar-refractivity contribution in [3.05, 3.63) is 102 Å². The summed E-state index contributed by atoms with van der Waals surface area (Å²) in [5.41, 5.74) is 0.873.